The largest absolute Gasteiger partial charge is 0.493 e. The molecule has 2 aromatic rings. The zero-order chi connectivity index (χ0) is 25.5. The molecule has 0 saturated heterocycles. The van der Waals surface area contributed by atoms with Gasteiger partial charge in [0.15, 0.2) is 17.3 Å². The molecule has 8 heteroatoms. The molecule has 0 amide bonds. The molecule has 0 radical (unpaired) electrons. The first-order chi connectivity index (χ1) is 16.6. The van der Waals surface area contributed by atoms with Crippen molar-refractivity contribution < 1.29 is 19.0 Å². The molecule has 1 atom stereocenters. The maximum atomic E-state index is 13.7. The first-order valence-electron chi connectivity index (χ1n) is 11.2. The fourth-order valence-electron chi connectivity index (χ4n) is 5.00. The third-order valence-corrected chi connectivity index (χ3v) is 6.74. The number of nitrogens with two attached hydrogens (primary N) is 1. The maximum absolute atomic E-state index is 13.7. The Hall–Kier alpha value is -3.63. The van der Waals surface area contributed by atoms with Crippen molar-refractivity contribution in [3.63, 3.8) is 0 Å². The molecule has 1 heterocycles. The smallest absolute Gasteiger partial charge is 0.203 e. The number of carbonyl (C=O) groups excluding carboxylic acids is 1. The van der Waals surface area contributed by atoms with Gasteiger partial charge < -0.3 is 19.9 Å². The van der Waals surface area contributed by atoms with Crippen LogP contribution < -0.4 is 24.8 Å². The lowest BCUT2D eigenvalue weighted by molar-refractivity contribution is -0.118. The minimum Gasteiger partial charge on any atom is -0.493 e. The van der Waals surface area contributed by atoms with Crippen LogP contribution in [0.25, 0.3) is 0 Å². The number of nitriles is 1. The molecule has 7 nitrogen and oxygen atoms in total. The van der Waals surface area contributed by atoms with E-state index in [1.807, 2.05) is 17.0 Å². The number of anilines is 1. The average Bonchev–Trinajstić information content (AvgIpc) is 2.82. The highest BCUT2D eigenvalue weighted by molar-refractivity contribution is 6.30. The lowest BCUT2D eigenvalue weighted by Crippen LogP contribution is -2.42. The molecule has 1 aliphatic carbocycles. The molecular weight excluding hydrogens is 466 g/mol. The topological polar surface area (TPSA) is 97.8 Å². The fourth-order valence-corrected chi connectivity index (χ4v) is 5.12. The number of ketones is 1. The van der Waals surface area contributed by atoms with Crippen LogP contribution in [0.3, 0.4) is 0 Å². The maximum Gasteiger partial charge on any atom is 0.203 e. The van der Waals surface area contributed by atoms with Crippen molar-refractivity contribution >= 4 is 23.1 Å². The Kier molecular flexibility index (Phi) is 6.44. The summed E-state index contributed by atoms with van der Waals surface area (Å²) in [6, 6.07) is 13.0. The van der Waals surface area contributed by atoms with E-state index in [9.17, 15) is 10.1 Å². The van der Waals surface area contributed by atoms with Crippen molar-refractivity contribution in [1.29, 1.82) is 5.26 Å². The molecule has 0 aromatic heterocycles. The van der Waals surface area contributed by atoms with E-state index in [2.05, 4.69) is 19.9 Å². The van der Waals surface area contributed by atoms with Gasteiger partial charge in [-0.2, -0.15) is 5.26 Å². The molecule has 2 N–H and O–H groups in total. The molecule has 0 unspecified atom stereocenters. The first-order valence-corrected chi connectivity index (χ1v) is 11.5. The Bertz CT molecular complexity index is 1260. The summed E-state index contributed by atoms with van der Waals surface area (Å²) in [6.45, 7) is 4.12. The van der Waals surface area contributed by atoms with Crippen molar-refractivity contribution in [2.75, 3.05) is 26.2 Å². The predicted molar refractivity (Wildman–Crippen MR) is 135 cm³/mol. The summed E-state index contributed by atoms with van der Waals surface area (Å²) in [5.74, 6) is 0.883. The minimum atomic E-state index is -0.671. The van der Waals surface area contributed by atoms with Gasteiger partial charge >= 0.3 is 0 Å². The van der Waals surface area contributed by atoms with Gasteiger partial charge in [-0.3, -0.25) is 9.69 Å². The summed E-state index contributed by atoms with van der Waals surface area (Å²) < 4.78 is 16.6. The van der Waals surface area contributed by atoms with Gasteiger partial charge in [-0.1, -0.05) is 25.4 Å². The molecule has 2 aromatic carbocycles. The zero-order valence-electron chi connectivity index (χ0n) is 20.4. The standard InChI is InChI=1S/C27H28ClN3O4/c1-27(2)12-19-24(20(32)13-27)23(15-10-21(33-3)25(35-5)22(11-15)34-4)18(14-29)26(30)31(19)17-8-6-16(28)7-9-17/h6-11,23H,12-13,30H2,1-5H3/t23-/m1/s1. The molecular formula is C27H28ClN3O4. The Labute approximate surface area is 210 Å². The van der Waals surface area contributed by atoms with Crippen LogP contribution >= 0.6 is 11.6 Å². The highest BCUT2D eigenvalue weighted by atomic mass is 35.5. The number of ether oxygens (including phenoxy) is 3. The Morgan fingerprint density at radius 3 is 2.17 bits per heavy atom. The van der Waals surface area contributed by atoms with Gasteiger partial charge in [0, 0.05) is 28.4 Å². The third kappa shape index (κ3) is 4.19. The van der Waals surface area contributed by atoms with Crippen LogP contribution in [0.2, 0.25) is 5.02 Å². The Morgan fingerprint density at radius 2 is 1.66 bits per heavy atom. The monoisotopic (exact) mass is 493 g/mol. The van der Waals surface area contributed by atoms with Crippen LogP contribution in [0.4, 0.5) is 5.69 Å². The summed E-state index contributed by atoms with van der Waals surface area (Å²) in [5.41, 5.74) is 9.43. The summed E-state index contributed by atoms with van der Waals surface area (Å²) in [6.07, 6.45) is 0.969. The van der Waals surface area contributed by atoms with Crippen LogP contribution in [0.5, 0.6) is 17.2 Å². The van der Waals surface area contributed by atoms with Gasteiger partial charge in [0.1, 0.15) is 5.82 Å². The van der Waals surface area contributed by atoms with Crippen LogP contribution in [0, 0.1) is 16.7 Å². The number of nitrogens with zero attached hydrogens (tertiary/aromatic N) is 2. The van der Waals surface area contributed by atoms with Gasteiger partial charge in [0.2, 0.25) is 5.75 Å². The zero-order valence-corrected chi connectivity index (χ0v) is 21.2. The molecule has 0 spiro atoms. The molecule has 0 fully saturated rings. The lowest BCUT2D eigenvalue weighted by Gasteiger charge is -2.43. The summed E-state index contributed by atoms with van der Waals surface area (Å²) >= 11 is 6.12. The fraction of sp³-hybridized carbons (Fsp3) is 0.333. The molecule has 4 rings (SSSR count). The SMILES string of the molecule is COc1cc([C@@H]2C(C#N)=C(N)N(c3ccc(Cl)cc3)C3=C2C(=O)CC(C)(C)C3)cc(OC)c1OC. The number of methoxy groups -OCH3 is 3. The molecule has 35 heavy (non-hydrogen) atoms. The Morgan fingerprint density at radius 1 is 1.06 bits per heavy atom. The Balaban J connectivity index is 2.02. The highest BCUT2D eigenvalue weighted by Gasteiger charge is 2.45. The van der Waals surface area contributed by atoms with Crippen molar-refractivity contribution in [1.82, 2.24) is 0 Å². The van der Waals surface area contributed by atoms with E-state index in [0.717, 1.165) is 11.4 Å². The van der Waals surface area contributed by atoms with E-state index >= 15 is 0 Å². The van der Waals surface area contributed by atoms with E-state index in [4.69, 9.17) is 31.5 Å². The third-order valence-electron chi connectivity index (χ3n) is 6.49. The second-order valence-corrected chi connectivity index (χ2v) is 9.85. The number of hydrogen-bond donors (Lipinski definition) is 1. The van der Waals surface area contributed by atoms with Gasteiger partial charge in [-0.05, 0) is 53.8 Å². The van der Waals surface area contributed by atoms with Crippen LogP contribution in [-0.4, -0.2) is 27.1 Å². The lowest BCUT2D eigenvalue weighted by atomic mass is 9.68. The van der Waals surface area contributed by atoms with Crippen molar-refractivity contribution in [2.24, 2.45) is 11.1 Å². The van der Waals surface area contributed by atoms with Crippen molar-refractivity contribution in [2.45, 2.75) is 32.6 Å². The van der Waals surface area contributed by atoms with E-state index < -0.39 is 5.92 Å². The predicted octanol–water partition coefficient (Wildman–Crippen LogP) is 5.31. The van der Waals surface area contributed by atoms with Crippen molar-refractivity contribution in [3.05, 3.63) is 69.6 Å². The molecule has 1 aliphatic heterocycles. The van der Waals surface area contributed by atoms with Crippen LogP contribution in [0.15, 0.2) is 59.1 Å². The number of carbonyl (C=O) groups is 1. The van der Waals surface area contributed by atoms with Gasteiger partial charge in [-0.25, -0.2) is 0 Å². The van der Waals surface area contributed by atoms with Gasteiger partial charge in [-0.15, -0.1) is 0 Å². The molecule has 2 aliphatic rings. The van der Waals surface area contributed by atoms with E-state index in [1.54, 1.807) is 24.3 Å². The second-order valence-electron chi connectivity index (χ2n) is 9.42. The summed E-state index contributed by atoms with van der Waals surface area (Å²) in [7, 11) is 4.58. The van der Waals surface area contributed by atoms with E-state index in [1.165, 1.54) is 21.3 Å². The number of rotatable bonds is 5. The second kappa shape index (κ2) is 9.20. The minimum absolute atomic E-state index is 0.0192. The number of allylic oxidation sites excluding steroid dienone is 3. The molecule has 0 bridgehead atoms. The number of benzene rings is 2. The highest BCUT2D eigenvalue weighted by Crippen LogP contribution is 2.52. The van der Waals surface area contributed by atoms with E-state index in [0.29, 0.717) is 46.2 Å². The normalized spacial score (nSPS) is 19.3. The van der Waals surface area contributed by atoms with E-state index in [-0.39, 0.29) is 22.6 Å². The van der Waals surface area contributed by atoms with Crippen LogP contribution in [-0.2, 0) is 4.79 Å². The number of hydrogen-bond acceptors (Lipinski definition) is 7. The quantitative estimate of drug-likeness (QED) is 0.602. The summed E-state index contributed by atoms with van der Waals surface area (Å²) in [5, 5.41) is 10.9. The number of halogens is 1. The van der Waals surface area contributed by atoms with Gasteiger partial charge in [0.05, 0.1) is 38.9 Å². The molecule has 0 saturated carbocycles. The molecule has 182 valence electrons. The summed E-state index contributed by atoms with van der Waals surface area (Å²) in [4.78, 5) is 15.5. The van der Waals surface area contributed by atoms with Crippen LogP contribution in [0.1, 0.15) is 38.2 Å². The first kappa shape index (κ1) is 24.5. The van der Waals surface area contributed by atoms with Gasteiger partial charge in [0.25, 0.3) is 0 Å². The van der Waals surface area contributed by atoms with Crippen molar-refractivity contribution in [3.8, 4) is 23.3 Å². The average molecular weight is 494 g/mol. The number of Topliss-reactive ketones (excluding diaryl/α,β-unsaturated/α-hetero) is 1.